The van der Waals surface area contributed by atoms with Crippen molar-refractivity contribution in [2.75, 3.05) is 13.7 Å². The number of rotatable bonds is 13. The maximum absolute atomic E-state index is 13.3. The summed E-state index contributed by atoms with van der Waals surface area (Å²) in [6.45, 7) is 21.4. The van der Waals surface area contributed by atoms with Crippen LogP contribution in [-0.2, 0) is 47.5 Å². The van der Waals surface area contributed by atoms with E-state index >= 15 is 0 Å². The molecular weight excluding hydrogens is 773 g/mol. The van der Waals surface area contributed by atoms with Crippen molar-refractivity contribution in [2.24, 2.45) is 47.3 Å². The lowest BCUT2D eigenvalue weighted by atomic mass is 9.76. The summed E-state index contributed by atoms with van der Waals surface area (Å²) in [6, 6.07) is 0. The molecule has 6 fully saturated rings. The Bertz CT molecular complexity index is 1530. The van der Waals surface area contributed by atoms with E-state index in [1.807, 2.05) is 54.5 Å². The van der Waals surface area contributed by atoms with Crippen molar-refractivity contribution in [1.82, 2.24) is 0 Å². The Morgan fingerprint density at radius 1 is 0.933 bits per heavy atom. The van der Waals surface area contributed by atoms with Gasteiger partial charge in [0.05, 0.1) is 61.0 Å². The standard InChI is InChI=1S/C47H78O13/c1-25(23-48)17-26(2)41(51)27(3)18-28(4)42-32(8)35(50)22-45(58-42)16-15-44(11,60-45)39-21-37(55-40-14-13-36(53-12)34(10)54-40)33(9)47(57-39)31(7)20-38(56-47)43-29(5)19-30(6)46(52,24-49)59-43/h18,23,25-26,28-40,42-43,49-50,52H,13-17,19-22,24H2,1-12H3/b27-18+. The maximum atomic E-state index is 13.3. The number of ether oxygens (including phenoxy) is 8. The number of methoxy groups -OCH3 is 1. The smallest absolute Gasteiger partial charge is 0.192 e. The number of carbonyl (C=O) groups is 2. The summed E-state index contributed by atoms with van der Waals surface area (Å²) in [4.78, 5) is 24.6. The lowest BCUT2D eigenvalue weighted by molar-refractivity contribution is -0.390. The number of aldehydes is 1. The molecule has 6 aliphatic heterocycles. The molecule has 3 N–H and O–H groups in total. The second kappa shape index (κ2) is 18.6. The van der Waals surface area contributed by atoms with Gasteiger partial charge in [0.15, 0.2) is 29.4 Å². The molecule has 21 unspecified atom stereocenters. The summed E-state index contributed by atoms with van der Waals surface area (Å²) in [5, 5.41) is 33.1. The van der Waals surface area contributed by atoms with Gasteiger partial charge in [0.1, 0.15) is 6.29 Å². The first kappa shape index (κ1) is 48.1. The molecule has 0 radical (unpaired) electrons. The van der Waals surface area contributed by atoms with Gasteiger partial charge in [-0.2, -0.15) is 0 Å². The number of carbonyl (C=O) groups excluding carboxylic acids is 2. The van der Waals surface area contributed by atoms with Crippen LogP contribution in [0.2, 0.25) is 0 Å². The Morgan fingerprint density at radius 2 is 1.65 bits per heavy atom. The van der Waals surface area contributed by atoms with Crippen molar-refractivity contribution in [2.45, 2.75) is 212 Å². The minimum absolute atomic E-state index is 0.00412. The van der Waals surface area contributed by atoms with E-state index in [1.165, 1.54) is 0 Å². The topological polar surface area (TPSA) is 169 Å². The highest BCUT2D eigenvalue weighted by Gasteiger charge is 2.65. The highest BCUT2D eigenvalue weighted by Crippen LogP contribution is 2.56. The molecule has 0 bridgehead atoms. The van der Waals surface area contributed by atoms with Crippen LogP contribution in [0, 0.1) is 47.3 Å². The summed E-state index contributed by atoms with van der Waals surface area (Å²) in [5.74, 6) is -5.19. The summed E-state index contributed by atoms with van der Waals surface area (Å²) in [6.07, 6.45) is 4.72. The average Bonchev–Trinajstić information content (AvgIpc) is 3.71. The van der Waals surface area contributed by atoms with Crippen molar-refractivity contribution in [3.05, 3.63) is 11.6 Å². The first-order chi connectivity index (χ1) is 28.1. The van der Waals surface area contributed by atoms with Crippen LogP contribution in [0.5, 0.6) is 0 Å². The molecule has 2 spiro atoms. The molecule has 6 aliphatic rings. The van der Waals surface area contributed by atoms with Gasteiger partial charge in [0, 0.05) is 74.2 Å². The second-order valence-electron chi connectivity index (χ2n) is 20.5. The molecule has 0 aromatic rings. The molecule has 13 heteroatoms. The van der Waals surface area contributed by atoms with Crippen LogP contribution in [0.15, 0.2) is 11.6 Å². The lowest BCUT2D eigenvalue weighted by Crippen LogP contribution is -2.63. The molecule has 21 atom stereocenters. The third kappa shape index (κ3) is 9.39. The highest BCUT2D eigenvalue weighted by atomic mass is 16.8. The van der Waals surface area contributed by atoms with Crippen LogP contribution in [0.1, 0.15) is 134 Å². The SMILES string of the molecule is COC1CCC(OC2CC(C3(C)CCC4(CC(O)C(C)C(C(C)/C=C(\C)C(=O)C(C)CC(C)C=O)O4)O3)OC3(OC(C4OC(O)(CO)C(C)CC4C)CC3C)C2C)OC1C. The van der Waals surface area contributed by atoms with Crippen LogP contribution < -0.4 is 0 Å². The molecule has 0 aromatic carbocycles. The molecule has 13 nitrogen and oxygen atoms in total. The maximum Gasteiger partial charge on any atom is 0.192 e. The Balaban J connectivity index is 1.25. The highest BCUT2D eigenvalue weighted by molar-refractivity contribution is 5.96. The summed E-state index contributed by atoms with van der Waals surface area (Å²) >= 11 is 0. The van der Waals surface area contributed by atoms with Crippen LogP contribution in [-0.4, -0.2) is 119 Å². The summed E-state index contributed by atoms with van der Waals surface area (Å²) in [7, 11) is 1.71. The van der Waals surface area contributed by atoms with Gasteiger partial charge in [-0.3, -0.25) is 4.79 Å². The van der Waals surface area contributed by atoms with E-state index in [-0.39, 0.29) is 71.4 Å². The van der Waals surface area contributed by atoms with Crippen molar-refractivity contribution >= 4 is 12.1 Å². The summed E-state index contributed by atoms with van der Waals surface area (Å²) in [5.41, 5.74) is -0.225. The molecular formula is C47H78O13. The third-order valence-corrected chi connectivity index (χ3v) is 15.7. The molecule has 0 aliphatic carbocycles. The first-order valence-electron chi connectivity index (χ1n) is 23.1. The van der Waals surface area contributed by atoms with Crippen LogP contribution in [0.3, 0.4) is 0 Å². The molecule has 0 aromatic heterocycles. The van der Waals surface area contributed by atoms with Crippen molar-refractivity contribution in [3.63, 3.8) is 0 Å². The zero-order valence-corrected chi connectivity index (χ0v) is 38.5. The predicted molar refractivity (Wildman–Crippen MR) is 222 cm³/mol. The van der Waals surface area contributed by atoms with Gasteiger partial charge in [0.2, 0.25) is 0 Å². The normalized spacial score (nSPS) is 49.2. The van der Waals surface area contributed by atoms with Gasteiger partial charge < -0.3 is 58.0 Å². The Morgan fingerprint density at radius 3 is 2.30 bits per heavy atom. The zero-order chi connectivity index (χ0) is 44.1. The minimum atomic E-state index is -1.66. The van der Waals surface area contributed by atoms with E-state index in [9.17, 15) is 24.9 Å². The van der Waals surface area contributed by atoms with Gasteiger partial charge >= 0.3 is 0 Å². The van der Waals surface area contributed by atoms with Crippen LogP contribution >= 0.6 is 0 Å². The fourth-order valence-electron chi connectivity index (χ4n) is 11.7. The van der Waals surface area contributed by atoms with Crippen molar-refractivity contribution in [3.8, 4) is 0 Å². The largest absolute Gasteiger partial charge is 0.393 e. The van der Waals surface area contributed by atoms with E-state index in [1.54, 1.807) is 7.11 Å². The van der Waals surface area contributed by atoms with E-state index < -0.39 is 66.4 Å². The molecule has 0 amide bonds. The van der Waals surface area contributed by atoms with Gasteiger partial charge in [-0.25, -0.2) is 0 Å². The molecule has 6 rings (SSSR count). The molecule has 6 saturated heterocycles. The molecule has 6 heterocycles. The van der Waals surface area contributed by atoms with E-state index in [2.05, 4.69) is 27.7 Å². The number of aliphatic hydroxyl groups is 3. The predicted octanol–water partition coefficient (Wildman–Crippen LogP) is 6.26. The quantitative estimate of drug-likeness (QED) is 0.140. The van der Waals surface area contributed by atoms with Crippen molar-refractivity contribution in [1.29, 1.82) is 0 Å². The second-order valence-corrected chi connectivity index (χ2v) is 20.5. The van der Waals surface area contributed by atoms with Gasteiger partial charge in [0.25, 0.3) is 0 Å². The zero-order valence-electron chi connectivity index (χ0n) is 38.5. The number of aliphatic hydroxyl groups excluding tert-OH is 2. The fourth-order valence-corrected chi connectivity index (χ4v) is 11.7. The van der Waals surface area contributed by atoms with Gasteiger partial charge in [-0.15, -0.1) is 0 Å². The molecule has 344 valence electrons. The molecule has 60 heavy (non-hydrogen) atoms. The number of ketones is 1. The number of allylic oxidation sites excluding steroid dienone is 1. The monoisotopic (exact) mass is 851 g/mol. The van der Waals surface area contributed by atoms with E-state index in [0.29, 0.717) is 56.9 Å². The number of hydrogen-bond acceptors (Lipinski definition) is 13. The first-order valence-corrected chi connectivity index (χ1v) is 23.1. The Hall–Kier alpha value is -1.36. The minimum Gasteiger partial charge on any atom is -0.393 e. The van der Waals surface area contributed by atoms with E-state index in [0.717, 1.165) is 12.7 Å². The van der Waals surface area contributed by atoms with Crippen LogP contribution in [0.25, 0.3) is 0 Å². The summed E-state index contributed by atoms with van der Waals surface area (Å²) < 4.78 is 54.0. The van der Waals surface area contributed by atoms with Gasteiger partial charge in [-0.05, 0) is 64.4 Å². The Labute approximate surface area is 358 Å². The molecule has 0 saturated carbocycles. The van der Waals surface area contributed by atoms with E-state index in [4.69, 9.17) is 37.9 Å². The lowest BCUT2D eigenvalue weighted by Gasteiger charge is -2.54. The van der Waals surface area contributed by atoms with Crippen LogP contribution in [0.4, 0.5) is 0 Å². The van der Waals surface area contributed by atoms with Gasteiger partial charge in [-0.1, -0.05) is 61.5 Å². The number of hydrogen-bond donors (Lipinski definition) is 3. The fraction of sp³-hybridized carbons (Fsp3) is 0.915. The number of Topliss-reactive ketones (excluding diaryl/α,β-unsaturated/α-hetero) is 1. The average molecular weight is 851 g/mol. The third-order valence-electron chi connectivity index (χ3n) is 15.7. The van der Waals surface area contributed by atoms with Crippen molar-refractivity contribution < 1.29 is 62.8 Å². The Kier molecular flexibility index (Phi) is 14.9.